The monoisotopic (exact) mass is 422 g/mol. The summed E-state index contributed by atoms with van der Waals surface area (Å²) < 4.78 is 4.88. The van der Waals surface area contributed by atoms with E-state index in [0.717, 1.165) is 29.5 Å². The molecule has 0 unspecified atom stereocenters. The van der Waals surface area contributed by atoms with Crippen molar-refractivity contribution in [1.29, 1.82) is 0 Å². The number of hydrogen-bond donors (Lipinski definition) is 0. The van der Waals surface area contributed by atoms with Crippen LogP contribution in [0.25, 0.3) is 0 Å². The highest BCUT2D eigenvalue weighted by Crippen LogP contribution is 2.25. The number of rotatable bonds is 8. The SMILES string of the molecule is CCOC(=O)c1csc(CN(C(=O)c2cc([N+](=O)[O-])cc([N+](=O)[O-])c2)C(C)C)n1. The van der Waals surface area contributed by atoms with Gasteiger partial charge in [-0.05, 0) is 20.8 Å². The van der Waals surface area contributed by atoms with Gasteiger partial charge in [0.2, 0.25) is 0 Å². The molecule has 0 saturated heterocycles. The van der Waals surface area contributed by atoms with Gasteiger partial charge in [0.25, 0.3) is 17.3 Å². The van der Waals surface area contributed by atoms with Crippen LogP contribution in [0.4, 0.5) is 11.4 Å². The molecular formula is C17H18N4O7S. The molecule has 1 amide bonds. The Kier molecular flexibility index (Phi) is 6.93. The Morgan fingerprint density at radius 1 is 1.17 bits per heavy atom. The zero-order chi connectivity index (χ0) is 21.7. The lowest BCUT2D eigenvalue weighted by Gasteiger charge is -2.25. The maximum absolute atomic E-state index is 12.9. The molecule has 2 rings (SSSR count). The number of non-ortho nitro benzene ring substituents is 2. The quantitative estimate of drug-likeness (QED) is 0.358. The van der Waals surface area contributed by atoms with E-state index < -0.39 is 33.1 Å². The number of thiazole rings is 1. The largest absolute Gasteiger partial charge is 0.461 e. The number of carbonyl (C=O) groups excluding carboxylic acids is 2. The summed E-state index contributed by atoms with van der Waals surface area (Å²) in [6, 6.07) is 2.45. The Bertz CT molecular complexity index is 925. The van der Waals surface area contributed by atoms with E-state index in [4.69, 9.17) is 4.74 Å². The molecule has 0 radical (unpaired) electrons. The average molecular weight is 422 g/mol. The normalized spacial score (nSPS) is 10.6. The molecule has 1 heterocycles. The van der Waals surface area contributed by atoms with Gasteiger partial charge in [-0.15, -0.1) is 11.3 Å². The van der Waals surface area contributed by atoms with Crippen molar-refractivity contribution in [1.82, 2.24) is 9.88 Å². The average Bonchev–Trinajstić information content (AvgIpc) is 3.14. The predicted molar refractivity (Wildman–Crippen MR) is 103 cm³/mol. The summed E-state index contributed by atoms with van der Waals surface area (Å²) in [4.78, 5) is 50.8. The van der Waals surface area contributed by atoms with Crippen molar-refractivity contribution in [3.8, 4) is 0 Å². The van der Waals surface area contributed by atoms with E-state index in [1.165, 1.54) is 10.3 Å². The molecule has 0 bridgehead atoms. The molecule has 0 aliphatic rings. The summed E-state index contributed by atoms with van der Waals surface area (Å²) in [7, 11) is 0. The third-order valence-electron chi connectivity index (χ3n) is 3.80. The van der Waals surface area contributed by atoms with E-state index in [9.17, 15) is 29.8 Å². The van der Waals surface area contributed by atoms with E-state index in [2.05, 4.69) is 4.98 Å². The zero-order valence-corrected chi connectivity index (χ0v) is 16.7. The molecule has 0 N–H and O–H groups in total. The summed E-state index contributed by atoms with van der Waals surface area (Å²) in [6.07, 6.45) is 0. The zero-order valence-electron chi connectivity index (χ0n) is 15.9. The van der Waals surface area contributed by atoms with Crippen molar-refractivity contribution in [2.75, 3.05) is 6.61 Å². The van der Waals surface area contributed by atoms with Crippen molar-refractivity contribution in [3.05, 3.63) is 60.1 Å². The summed E-state index contributed by atoms with van der Waals surface area (Å²) in [5.74, 6) is -1.20. The van der Waals surface area contributed by atoms with Gasteiger partial charge >= 0.3 is 5.97 Å². The number of benzene rings is 1. The second-order valence-electron chi connectivity index (χ2n) is 6.13. The molecule has 0 saturated carbocycles. The second kappa shape index (κ2) is 9.19. The maximum Gasteiger partial charge on any atom is 0.357 e. The number of hydrogen-bond acceptors (Lipinski definition) is 9. The fourth-order valence-corrected chi connectivity index (χ4v) is 3.17. The van der Waals surface area contributed by atoms with Crippen molar-refractivity contribution in [2.24, 2.45) is 0 Å². The first-order valence-corrected chi connectivity index (χ1v) is 9.38. The minimum atomic E-state index is -0.796. The molecule has 0 spiro atoms. The molecule has 0 aliphatic heterocycles. The van der Waals surface area contributed by atoms with Gasteiger partial charge in [-0.1, -0.05) is 0 Å². The Morgan fingerprint density at radius 2 is 1.76 bits per heavy atom. The molecule has 2 aromatic rings. The van der Waals surface area contributed by atoms with Gasteiger partial charge in [-0.25, -0.2) is 9.78 Å². The highest BCUT2D eigenvalue weighted by Gasteiger charge is 2.26. The smallest absolute Gasteiger partial charge is 0.357 e. The van der Waals surface area contributed by atoms with Gasteiger partial charge in [0.05, 0.1) is 34.6 Å². The molecule has 11 nitrogen and oxygen atoms in total. The number of aromatic nitrogens is 1. The Balaban J connectivity index is 2.34. The number of amides is 1. The standard InChI is InChI=1S/C17H18N4O7S/c1-4-28-17(23)14-9-29-15(18-14)8-19(10(2)3)16(22)11-5-12(20(24)25)7-13(6-11)21(26)27/h5-7,9-10H,4,8H2,1-3H3. The van der Waals surface area contributed by atoms with Gasteiger partial charge in [0.1, 0.15) is 5.01 Å². The number of carbonyl (C=O) groups is 2. The first-order valence-electron chi connectivity index (χ1n) is 8.50. The summed E-state index contributed by atoms with van der Waals surface area (Å²) in [5.41, 5.74) is -1.16. The van der Waals surface area contributed by atoms with E-state index in [1.807, 2.05) is 0 Å². The van der Waals surface area contributed by atoms with Crippen molar-refractivity contribution < 1.29 is 24.2 Å². The minimum Gasteiger partial charge on any atom is -0.461 e. The van der Waals surface area contributed by atoms with Crippen LogP contribution in [0.5, 0.6) is 0 Å². The molecule has 29 heavy (non-hydrogen) atoms. The Labute approximate surface area is 169 Å². The summed E-state index contributed by atoms with van der Waals surface area (Å²) in [5, 5.41) is 24.1. The van der Waals surface area contributed by atoms with Crippen LogP contribution in [0, 0.1) is 20.2 Å². The molecule has 0 aliphatic carbocycles. The van der Waals surface area contributed by atoms with Gasteiger partial charge in [0.15, 0.2) is 5.69 Å². The maximum atomic E-state index is 12.9. The van der Waals surface area contributed by atoms with Crippen LogP contribution in [0.3, 0.4) is 0 Å². The van der Waals surface area contributed by atoms with Crippen LogP contribution >= 0.6 is 11.3 Å². The fraction of sp³-hybridized carbons (Fsp3) is 0.353. The van der Waals surface area contributed by atoms with Gasteiger partial charge in [-0.3, -0.25) is 25.0 Å². The molecular weight excluding hydrogens is 404 g/mol. The van der Waals surface area contributed by atoms with Crippen LogP contribution in [0.2, 0.25) is 0 Å². The first kappa shape index (κ1) is 21.9. The van der Waals surface area contributed by atoms with Crippen molar-refractivity contribution >= 4 is 34.6 Å². The summed E-state index contributed by atoms with van der Waals surface area (Å²) in [6.45, 7) is 5.35. The van der Waals surface area contributed by atoms with Crippen LogP contribution in [0.15, 0.2) is 23.6 Å². The Morgan fingerprint density at radius 3 is 2.24 bits per heavy atom. The van der Waals surface area contributed by atoms with Crippen LogP contribution in [0.1, 0.15) is 46.6 Å². The number of ether oxygens (including phenoxy) is 1. The number of nitro groups is 2. The van der Waals surface area contributed by atoms with Crippen LogP contribution in [-0.2, 0) is 11.3 Å². The number of nitrogens with zero attached hydrogens (tertiary/aromatic N) is 4. The van der Waals surface area contributed by atoms with Crippen LogP contribution < -0.4 is 0 Å². The first-order chi connectivity index (χ1) is 13.6. The predicted octanol–water partition coefficient (Wildman–Crippen LogP) is 3.19. The molecule has 12 heteroatoms. The van der Waals surface area contributed by atoms with E-state index in [1.54, 1.807) is 20.8 Å². The third-order valence-corrected chi connectivity index (χ3v) is 4.63. The van der Waals surface area contributed by atoms with Crippen molar-refractivity contribution in [2.45, 2.75) is 33.4 Å². The molecule has 1 aromatic heterocycles. The lowest BCUT2D eigenvalue weighted by atomic mass is 10.1. The topological polar surface area (TPSA) is 146 Å². The molecule has 0 atom stereocenters. The Hall–Kier alpha value is -3.41. The van der Waals surface area contributed by atoms with Crippen LogP contribution in [-0.4, -0.2) is 44.3 Å². The molecule has 1 aromatic carbocycles. The van der Waals surface area contributed by atoms with Gasteiger partial charge in [-0.2, -0.15) is 0 Å². The van der Waals surface area contributed by atoms with E-state index >= 15 is 0 Å². The third kappa shape index (κ3) is 5.31. The lowest BCUT2D eigenvalue weighted by Crippen LogP contribution is -2.36. The molecule has 0 fully saturated rings. The van der Waals surface area contributed by atoms with Gasteiger partial charge < -0.3 is 9.64 Å². The second-order valence-corrected chi connectivity index (χ2v) is 7.07. The van der Waals surface area contributed by atoms with Gasteiger partial charge in [0, 0.05) is 23.6 Å². The number of nitro benzene ring substituents is 2. The lowest BCUT2D eigenvalue weighted by molar-refractivity contribution is -0.394. The summed E-state index contributed by atoms with van der Waals surface area (Å²) >= 11 is 1.16. The van der Waals surface area contributed by atoms with E-state index in [-0.39, 0.29) is 30.5 Å². The highest BCUT2D eigenvalue weighted by atomic mass is 32.1. The highest BCUT2D eigenvalue weighted by molar-refractivity contribution is 7.09. The van der Waals surface area contributed by atoms with Crippen molar-refractivity contribution in [3.63, 3.8) is 0 Å². The number of esters is 1. The van der Waals surface area contributed by atoms with E-state index in [0.29, 0.717) is 5.01 Å². The fourth-order valence-electron chi connectivity index (χ4n) is 2.41. The minimum absolute atomic E-state index is 0.0249. The molecule has 154 valence electrons.